The number of nitrogens with zero attached hydrogens (tertiary/aromatic N) is 2. The van der Waals surface area contributed by atoms with E-state index in [1.807, 2.05) is 55.1 Å². The summed E-state index contributed by atoms with van der Waals surface area (Å²) < 4.78 is 1.08. The van der Waals surface area contributed by atoms with Gasteiger partial charge in [0.25, 0.3) is 5.91 Å². The maximum Gasteiger partial charge on any atom is 0.254 e. The molecule has 0 aliphatic carbocycles. The lowest BCUT2D eigenvalue weighted by molar-refractivity contribution is -0.121. The number of likely N-dealkylation sites (tertiary alicyclic amines) is 1. The number of rotatable bonds is 3. The highest BCUT2D eigenvalue weighted by atomic mass is 32.1. The third kappa shape index (κ3) is 3.78. The lowest BCUT2D eigenvalue weighted by Crippen LogP contribution is -2.41. The van der Waals surface area contributed by atoms with Gasteiger partial charge in [-0.2, -0.15) is 0 Å². The Morgan fingerprint density at radius 1 is 1.11 bits per heavy atom. The van der Waals surface area contributed by atoms with Crippen molar-refractivity contribution in [2.75, 3.05) is 18.4 Å². The highest BCUT2D eigenvalue weighted by Crippen LogP contribution is 2.28. The van der Waals surface area contributed by atoms with Gasteiger partial charge in [0, 0.05) is 24.6 Å². The van der Waals surface area contributed by atoms with Gasteiger partial charge in [-0.1, -0.05) is 35.6 Å². The van der Waals surface area contributed by atoms with Gasteiger partial charge in [-0.3, -0.25) is 9.59 Å². The molecule has 2 amide bonds. The Morgan fingerprint density at radius 2 is 1.86 bits per heavy atom. The second kappa shape index (κ2) is 7.72. The van der Waals surface area contributed by atoms with Gasteiger partial charge in [0.05, 0.1) is 10.2 Å². The Hall–Kier alpha value is -2.73. The van der Waals surface area contributed by atoms with Crippen LogP contribution >= 0.6 is 11.3 Å². The molecular formula is C22H23N3O2S. The smallest absolute Gasteiger partial charge is 0.254 e. The standard InChI is InChI=1S/C22H23N3O2S/c1-14-7-8-18-19(13-14)28-22(23-18)24-20(26)16-9-11-25(12-10-16)21(27)17-6-4-3-5-15(17)2/h3-8,13,16H,9-12H2,1-2H3,(H,23,24,26). The molecular weight excluding hydrogens is 370 g/mol. The summed E-state index contributed by atoms with van der Waals surface area (Å²) in [7, 11) is 0. The summed E-state index contributed by atoms with van der Waals surface area (Å²) in [6.07, 6.45) is 1.35. The summed E-state index contributed by atoms with van der Waals surface area (Å²) in [6, 6.07) is 13.7. The van der Waals surface area contributed by atoms with Gasteiger partial charge in [0.2, 0.25) is 5.91 Å². The van der Waals surface area contributed by atoms with Crippen molar-refractivity contribution in [2.45, 2.75) is 26.7 Å². The zero-order chi connectivity index (χ0) is 19.7. The van der Waals surface area contributed by atoms with Crippen LogP contribution in [0.15, 0.2) is 42.5 Å². The molecule has 0 atom stereocenters. The third-order valence-corrected chi connectivity index (χ3v) is 6.24. The van der Waals surface area contributed by atoms with Crippen LogP contribution in [0.4, 0.5) is 5.13 Å². The molecule has 4 rings (SSSR count). The van der Waals surface area contributed by atoms with Gasteiger partial charge in [-0.05, 0) is 56.0 Å². The number of thiazole rings is 1. The largest absolute Gasteiger partial charge is 0.339 e. The van der Waals surface area contributed by atoms with Crippen LogP contribution in [0.1, 0.15) is 34.3 Å². The SMILES string of the molecule is Cc1ccc2nc(NC(=O)C3CCN(C(=O)c4ccccc4C)CC3)sc2c1. The van der Waals surface area contributed by atoms with Crippen LogP contribution in [-0.2, 0) is 4.79 Å². The van der Waals surface area contributed by atoms with Gasteiger partial charge in [0.1, 0.15) is 0 Å². The second-order valence-corrected chi connectivity index (χ2v) is 8.39. The van der Waals surface area contributed by atoms with E-state index in [1.54, 1.807) is 0 Å². The fourth-order valence-corrected chi connectivity index (χ4v) is 4.59. The molecule has 2 aromatic carbocycles. The molecule has 28 heavy (non-hydrogen) atoms. The number of aromatic nitrogens is 1. The average Bonchev–Trinajstić information content (AvgIpc) is 3.09. The summed E-state index contributed by atoms with van der Waals surface area (Å²) in [5.74, 6) is -0.0352. The fraction of sp³-hybridized carbons (Fsp3) is 0.318. The van der Waals surface area contributed by atoms with Crippen molar-refractivity contribution in [3.8, 4) is 0 Å². The predicted octanol–water partition coefficient (Wildman–Crippen LogP) is 4.40. The maximum atomic E-state index is 12.7. The average molecular weight is 394 g/mol. The number of carbonyl (C=O) groups excluding carboxylic acids is 2. The Bertz CT molecular complexity index is 1040. The number of carbonyl (C=O) groups is 2. The van der Waals surface area contributed by atoms with Gasteiger partial charge in [0.15, 0.2) is 5.13 Å². The predicted molar refractivity (Wildman–Crippen MR) is 113 cm³/mol. The van der Waals surface area contributed by atoms with Crippen molar-refractivity contribution in [3.05, 3.63) is 59.2 Å². The van der Waals surface area contributed by atoms with E-state index in [9.17, 15) is 9.59 Å². The summed E-state index contributed by atoms with van der Waals surface area (Å²) in [4.78, 5) is 31.8. The van der Waals surface area contributed by atoms with E-state index in [0.717, 1.165) is 21.3 Å². The van der Waals surface area contributed by atoms with Crippen molar-refractivity contribution in [3.63, 3.8) is 0 Å². The lowest BCUT2D eigenvalue weighted by Gasteiger charge is -2.31. The highest BCUT2D eigenvalue weighted by molar-refractivity contribution is 7.22. The van der Waals surface area contributed by atoms with Crippen molar-refractivity contribution >= 4 is 38.5 Å². The molecule has 0 bridgehead atoms. The lowest BCUT2D eigenvalue weighted by atomic mass is 9.95. The Balaban J connectivity index is 1.37. The van der Waals surface area contributed by atoms with Gasteiger partial charge in [-0.25, -0.2) is 4.98 Å². The third-order valence-electron chi connectivity index (χ3n) is 5.30. The molecule has 1 fully saturated rings. The number of hydrogen-bond donors (Lipinski definition) is 1. The van der Waals surface area contributed by atoms with E-state index in [-0.39, 0.29) is 17.7 Å². The van der Waals surface area contributed by atoms with E-state index >= 15 is 0 Å². The normalized spacial score (nSPS) is 15.0. The number of amides is 2. The first kappa shape index (κ1) is 18.6. The van der Waals surface area contributed by atoms with Gasteiger partial charge in [-0.15, -0.1) is 0 Å². The molecule has 1 saturated heterocycles. The molecule has 0 saturated carbocycles. The molecule has 3 aromatic rings. The second-order valence-electron chi connectivity index (χ2n) is 7.36. The van der Waals surface area contributed by atoms with Gasteiger partial charge < -0.3 is 10.2 Å². The van der Waals surface area contributed by atoms with Crippen LogP contribution in [0, 0.1) is 19.8 Å². The van der Waals surface area contributed by atoms with Crippen LogP contribution in [0.5, 0.6) is 0 Å². The summed E-state index contributed by atoms with van der Waals surface area (Å²) in [6.45, 7) is 5.20. The van der Waals surface area contributed by atoms with Crippen LogP contribution < -0.4 is 5.32 Å². The molecule has 0 unspecified atom stereocenters. The molecule has 0 radical (unpaired) electrons. The minimum atomic E-state index is -0.0883. The van der Waals surface area contributed by atoms with Crippen molar-refractivity contribution in [1.82, 2.24) is 9.88 Å². The molecule has 144 valence electrons. The number of hydrogen-bond acceptors (Lipinski definition) is 4. The van der Waals surface area contributed by atoms with Crippen LogP contribution in [0.25, 0.3) is 10.2 Å². The summed E-state index contributed by atoms with van der Waals surface area (Å²) in [5.41, 5.74) is 3.82. The monoisotopic (exact) mass is 393 g/mol. The van der Waals surface area contributed by atoms with Crippen molar-refractivity contribution < 1.29 is 9.59 Å². The van der Waals surface area contributed by atoms with Crippen molar-refractivity contribution in [2.24, 2.45) is 5.92 Å². The van der Waals surface area contributed by atoms with E-state index < -0.39 is 0 Å². The van der Waals surface area contributed by atoms with E-state index in [4.69, 9.17) is 0 Å². The zero-order valence-corrected chi connectivity index (χ0v) is 16.9. The van der Waals surface area contributed by atoms with Gasteiger partial charge >= 0.3 is 0 Å². The summed E-state index contributed by atoms with van der Waals surface area (Å²) >= 11 is 1.50. The van der Waals surface area contributed by atoms with E-state index in [2.05, 4.69) is 16.4 Å². The number of aryl methyl sites for hydroxylation is 2. The molecule has 1 aliphatic heterocycles. The van der Waals surface area contributed by atoms with Crippen LogP contribution in [0.2, 0.25) is 0 Å². The minimum Gasteiger partial charge on any atom is -0.339 e. The minimum absolute atomic E-state index is 0.00114. The number of anilines is 1. The number of piperidine rings is 1. The molecule has 6 heteroatoms. The first-order valence-electron chi connectivity index (χ1n) is 9.54. The Labute approximate surface area is 168 Å². The first-order valence-corrected chi connectivity index (χ1v) is 10.4. The number of benzene rings is 2. The Kier molecular flexibility index (Phi) is 5.13. The van der Waals surface area contributed by atoms with Crippen LogP contribution in [0.3, 0.4) is 0 Å². The maximum absolute atomic E-state index is 12.7. The molecule has 1 aliphatic rings. The fourth-order valence-electron chi connectivity index (χ4n) is 3.62. The molecule has 1 aromatic heterocycles. The van der Waals surface area contributed by atoms with Crippen molar-refractivity contribution in [1.29, 1.82) is 0 Å². The molecule has 0 spiro atoms. The van der Waals surface area contributed by atoms with Crippen LogP contribution in [-0.4, -0.2) is 34.8 Å². The topological polar surface area (TPSA) is 62.3 Å². The highest BCUT2D eigenvalue weighted by Gasteiger charge is 2.28. The quantitative estimate of drug-likeness (QED) is 0.717. The molecule has 2 heterocycles. The number of fused-ring (bicyclic) bond motifs is 1. The Morgan fingerprint density at radius 3 is 2.61 bits per heavy atom. The molecule has 1 N–H and O–H groups in total. The number of nitrogens with one attached hydrogen (secondary N) is 1. The summed E-state index contributed by atoms with van der Waals surface area (Å²) in [5, 5.41) is 3.61. The molecule has 5 nitrogen and oxygen atoms in total. The van der Waals surface area contributed by atoms with E-state index in [0.29, 0.717) is 31.1 Å². The first-order chi connectivity index (χ1) is 13.5. The van der Waals surface area contributed by atoms with E-state index in [1.165, 1.54) is 16.9 Å². The zero-order valence-electron chi connectivity index (χ0n) is 16.1.